The predicted octanol–water partition coefficient (Wildman–Crippen LogP) is 2.14. The van der Waals surface area contributed by atoms with Gasteiger partial charge in [0.1, 0.15) is 10.6 Å². The van der Waals surface area contributed by atoms with Gasteiger partial charge in [-0.15, -0.1) is 0 Å². The van der Waals surface area contributed by atoms with Crippen LogP contribution in [0.3, 0.4) is 0 Å². The van der Waals surface area contributed by atoms with Crippen LogP contribution in [-0.4, -0.2) is 25.1 Å². The van der Waals surface area contributed by atoms with E-state index in [1.807, 2.05) is 0 Å². The Hall–Kier alpha value is -1.79. The topological polar surface area (TPSA) is 86.6 Å². The Morgan fingerprint density at radius 1 is 1.17 bits per heavy atom. The van der Waals surface area contributed by atoms with Gasteiger partial charge in [-0.3, -0.25) is 4.55 Å². The minimum atomic E-state index is -4.32. The molecule has 3 N–H and O–H groups in total. The number of aromatic hydroxyl groups is 1. The Kier molecular flexibility index (Phi) is 2.92. The third kappa shape index (κ3) is 1.89. The molecule has 0 saturated carbocycles. The number of fused-ring (bicyclic) bond motifs is 1. The second-order valence-corrected chi connectivity index (χ2v) is 5.38. The zero-order valence-corrected chi connectivity index (χ0v) is 10.7. The van der Waals surface area contributed by atoms with Crippen LogP contribution in [0, 0.1) is 6.92 Å². The fraction of sp³-hybridized carbons (Fsp3) is 0.167. The van der Waals surface area contributed by atoms with Crippen molar-refractivity contribution in [3.05, 3.63) is 29.8 Å². The molecule has 0 spiro atoms. The van der Waals surface area contributed by atoms with Gasteiger partial charge in [0, 0.05) is 23.5 Å². The number of benzene rings is 2. The van der Waals surface area contributed by atoms with Crippen LogP contribution in [-0.2, 0) is 10.1 Å². The maximum absolute atomic E-state index is 11.3. The third-order valence-electron chi connectivity index (χ3n) is 2.86. The molecule has 0 aliphatic carbocycles. The van der Waals surface area contributed by atoms with E-state index in [-0.39, 0.29) is 16.0 Å². The molecule has 0 aliphatic heterocycles. The number of phenols is 1. The fourth-order valence-electron chi connectivity index (χ4n) is 1.94. The third-order valence-corrected chi connectivity index (χ3v) is 3.77. The van der Waals surface area contributed by atoms with Crippen LogP contribution in [0.2, 0.25) is 0 Å². The molecule has 2 aromatic rings. The summed E-state index contributed by atoms with van der Waals surface area (Å²) in [7, 11) is -2.65. The van der Waals surface area contributed by atoms with Crippen LogP contribution >= 0.6 is 0 Å². The largest absolute Gasteiger partial charge is 0.507 e. The van der Waals surface area contributed by atoms with Gasteiger partial charge >= 0.3 is 0 Å². The van der Waals surface area contributed by atoms with E-state index >= 15 is 0 Å². The van der Waals surface area contributed by atoms with Gasteiger partial charge in [-0.25, -0.2) is 0 Å². The average molecular weight is 267 g/mol. The summed E-state index contributed by atoms with van der Waals surface area (Å²) in [6.07, 6.45) is 0. The summed E-state index contributed by atoms with van der Waals surface area (Å²) < 4.78 is 31.8. The van der Waals surface area contributed by atoms with Crippen molar-refractivity contribution < 1.29 is 18.1 Å². The number of phenolic OH excluding ortho intramolecular Hbond substituents is 1. The van der Waals surface area contributed by atoms with Crippen molar-refractivity contribution >= 4 is 26.6 Å². The molecule has 0 bridgehead atoms. The van der Waals surface area contributed by atoms with Crippen LogP contribution < -0.4 is 5.32 Å². The molecule has 0 fully saturated rings. The van der Waals surface area contributed by atoms with Crippen molar-refractivity contribution in [1.29, 1.82) is 0 Å². The highest BCUT2D eigenvalue weighted by molar-refractivity contribution is 7.86. The van der Waals surface area contributed by atoms with Gasteiger partial charge in [-0.1, -0.05) is 12.1 Å². The summed E-state index contributed by atoms with van der Waals surface area (Å²) in [5.74, 6) is 0.00218. The number of anilines is 1. The van der Waals surface area contributed by atoms with Crippen LogP contribution in [0.4, 0.5) is 5.69 Å². The molecule has 0 aliphatic rings. The Labute approximate surface area is 105 Å². The van der Waals surface area contributed by atoms with Crippen LogP contribution in [0.25, 0.3) is 10.8 Å². The molecule has 5 nitrogen and oxygen atoms in total. The monoisotopic (exact) mass is 267 g/mol. The van der Waals surface area contributed by atoms with E-state index < -0.39 is 10.1 Å². The van der Waals surface area contributed by atoms with Crippen LogP contribution in [0.5, 0.6) is 5.75 Å². The van der Waals surface area contributed by atoms with Crippen molar-refractivity contribution in [3.63, 3.8) is 0 Å². The van der Waals surface area contributed by atoms with Gasteiger partial charge in [0.25, 0.3) is 10.1 Å². The molecule has 0 amide bonds. The normalized spacial score (nSPS) is 11.7. The second kappa shape index (κ2) is 4.15. The molecule has 0 aromatic heterocycles. The van der Waals surface area contributed by atoms with Gasteiger partial charge < -0.3 is 10.4 Å². The molecule has 0 saturated heterocycles. The predicted molar refractivity (Wildman–Crippen MR) is 69.7 cm³/mol. The maximum atomic E-state index is 11.3. The first-order chi connectivity index (χ1) is 8.36. The second-order valence-electron chi connectivity index (χ2n) is 3.99. The summed E-state index contributed by atoms with van der Waals surface area (Å²) in [6.45, 7) is 1.72. The van der Waals surface area contributed by atoms with Gasteiger partial charge in [0.05, 0.1) is 0 Å². The fourth-order valence-corrected chi connectivity index (χ4v) is 2.63. The Balaban J connectivity index is 3.02. The number of hydrogen-bond acceptors (Lipinski definition) is 4. The Morgan fingerprint density at radius 2 is 1.83 bits per heavy atom. The van der Waals surface area contributed by atoms with Crippen molar-refractivity contribution in [2.45, 2.75) is 11.8 Å². The number of hydrogen-bond donors (Lipinski definition) is 3. The van der Waals surface area contributed by atoms with Gasteiger partial charge in [-0.05, 0) is 24.6 Å². The first-order valence-electron chi connectivity index (χ1n) is 5.27. The van der Waals surface area contributed by atoms with Crippen LogP contribution in [0.15, 0.2) is 29.2 Å². The smallest absolute Gasteiger partial charge is 0.295 e. The van der Waals surface area contributed by atoms with E-state index in [1.54, 1.807) is 26.1 Å². The van der Waals surface area contributed by atoms with E-state index in [4.69, 9.17) is 0 Å². The number of nitrogens with one attached hydrogen (secondary N) is 1. The molecular weight excluding hydrogens is 254 g/mol. The maximum Gasteiger partial charge on any atom is 0.295 e. The highest BCUT2D eigenvalue weighted by Crippen LogP contribution is 2.37. The standard InChI is InChI=1S/C12H13NO4S/c1-7-3-4-8-10(18(15,16)17)6-5-9(13-2)11(8)12(7)14/h3-6,13-14H,1-2H3,(H,15,16,17). The Bertz CT molecular complexity index is 722. The first-order valence-corrected chi connectivity index (χ1v) is 6.71. The summed E-state index contributed by atoms with van der Waals surface area (Å²) in [4.78, 5) is -0.216. The lowest BCUT2D eigenvalue weighted by molar-refractivity contribution is 0.477. The van der Waals surface area contributed by atoms with E-state index in [9.17, 15) is 18.1 Å². The molecule has 0 unspecified atom stereocenters. The van der Waals surface area contributed by atoms with Crippen LogP contribution in [0.1, 0.15) is 5.56 Å². The average Bonchev–Trinajstić information content (AvgIpc) is 2.31. The van der Waals surface area contributed by atoms with Crippen molar-refractivity contribution in [3.8, 4) is 5.75 Å². The highest BCUT2D eigenvalue weighted by Gasteiger charge is 2.18. The number of aryl methyl sites for hydroxylation is 1. The molecular formula is C12H13NO4S. The van der Waals surface area contributed by atoms with E-state index in [2.05, 4.69) is 5.32 Å². The first kappa shape index (κ1) is 12.7. The van der Waals surface area contributed by atoms with Gasteiger partial charge in [-0.2, -0.15) is 8.42 Å². The van der Waals surface area contributed by atoms with Gasteiger partial charge in [0.2, 0.25) is 0 Å². The molecule has 0 radical (unpaired) electrons. The lowest BCUT2D eigenvalue weighted by Crippen LogP contribution is -2.01. The van der Waals surface area contributed by atoms with E-state index in [1.165, 1.54) is 12.1 Å². The molecule has 0 atom stereocenters. The van der Waals surface area contributed by atoms with Crippen molar-refractivity contribution in [2.75, 3.05) is 12.4 Å². The summed E-state index contributed by atoms with van der Waals surface area (Å²) in [6, 6.07) is 5.98. The molecule has 2 rings (SSSR count). The SMILES string of the molecule is CNc1ccc(S(=O)(=O)O)c2ccc(C)c(O)c12. The summed E-state index contributed by atoms with van der Waals surface area (Å²) in [5.41, 5.74) is 1.23. The zero-order valence-electron chi connectivity index (χ0n) is 9.93. The lowest BCUT2D eigenvalue weighted by Gasteiger charge is -2.12. The molecule has 96 valence electrons. The summed E-state index contributed by atoms with van der Waals surface area (Å²) in [5, 5.41) is 13.6. The lowest BCUT2D eigenvalue weighted by atomic mass is 10.0. The Morgan fingerprint density at radius 3 is 2.39 bits per heavy atom. The van der Waals surface area contributed by atoms with E-state index in [0.717, 1.165) is 0 Å². The van der Waals surface area contributed by atoms with Crippen molar-refractivity contribution in [2.24, 2.45) is 0 Å². The van der Waals surface area contributed by atoms with Crippen molar-refractivity contribution in [1.82, 2.24) is 0 Å². The van der Waals surface area contributed by atoms with Gasteiger partial charge in [0.15, 0.2) is 0 Å². The van der Waals surface area contributed by atoms with E-state index in [0.29, 0.717) is 16.6 Å². The number of rotatable bonds is 2. The highest BCUT2D eigenvalue weighted by atomic mass is 32.2. The molecule has 6 heteroatoms. The molecule has 0 heterocycles. The minimum absolute atomic E-state index is 0.00218. The minimum Gasteiger partial charge on any atom is -0.507 e. The zero-order chi connectivity index (χ0) is 13.5. The summed E-state index contributed by atoms with van der Waals surface area (Å²) >= 11 is 0. The molecule has 18 heavy (non-hydrogen) atoms. The molecule has 2 aromatic carbocycles. The quantitative estimate of drug-likeness (QED) is 0.726.